The number of nitrogens with zero attached hydrogens (tertiary/aromatic N) is 2. The van der Waals surface area contributed by atoms with Gasteiger partial charge < -0.3 is 14.5 Å². The van der Waals surface area contributed by atoms with Crippen LogP contribution in [0.1, 0.15) is 5.56 Å². The van der Waals surface area contributed by atoms with Gasteiger partial charge in [-0.05, 0) is 54.1 Å². The number of methoxy groups -OCH3 is 1. The summed E-state index contributed by atoms with van der Waals surface area (Å²) in [5.74, 6) is 0.902. The number of hydrogen-bond acceptors (Lipinski definition) is 4. The Morgan fingerprint density at radius 1 is 0.931 bits per heavy atom. The van der Waals surface area contributed by atoms with Gasteiger partial charge in [0, 0.05) is 29.4 Å². The predicted molar refractivity (Wildman–Crippen MR) is 123 cm³/mol. The van der Waals surface area contributed by atoms with Gasteiger partial charge in [0.15, 0.2) is 0 Å². The second kappa shape index (κ2) is 7.37. The van der Waals surface area contributed by atoms with Crippen molar-refractivity contribution < 1.29 is 4.74 Å². The molecule has 0 saturated heterocycles. The van der Waals surface area contributed by atoms with Gasteiger partial charge in [0.25, 0.3) is 0 Å². The monoisotopic (exact) mass is 398 g/mol. The van der Waals surface area contributed by atoms with Gasteiger partial charge in [-0.15, -0.1) is 0 Å². The van der Waals surface area contributed by atoms with Gasteiger partial charge in [0.2, 0.25) is 0 Å². The Morgan fingerprint density at radius 2 is 1.72 bits per heavy atom. The molecule has 1 atom stereocenters. The third-order valence-corrected chi connectivity index (χ3v) is 6.69. The van der Waals surface area contributed by atoms with Crippen molar-refractivity contribution in [2.24, 2.45) is 0 Å². The first-order valence-electron chi connectivity index (χ1n) is 9.66. The molecule has 2 heterocycles. The molecule has 0 fully saturated rings. The van der Waals surface area contributed by atoms with E-state index in [4.69, 9.17) is 4.74 Å². The molecule has 0 aromatic heterocycles. The molecule has 4 heteroatoms. The summed E-state index contributed by atoms with van der Waals surface area (Å²) in [5.41, 5.74) is 6.12. The SMILES string of the molecule is COc1ccc2c(c1)SC(C=C1C=CN(c3ccccc3)c3ccccc31)N2C. The third-order valence-electron chi connectivity index (χ3n) is 5.41. The summed E-state index contributed by atoms with van der Waals surface area (Å²) >= 11 is 1.86. The zero-order chi connectivity index (χ0) is 19.8. The zero-order valence-electron chi connectivity index (χ0n) is 16.4. The number of hydrogen-bond donors (Lipinski definition) is 0. The Bertz CT molecular complexity index is 1110. The highest BCUT2D eigenvalue weighted by Crippen LogP contribution is 2.46. The molecule has 0 amide bonds. The molecule has 144 valence electrons. The minimum Gasteiger partial charge on any atom is -0.497 e. The van der Waals surface area contributed by atoms with E-state index in [1.165, 1.54) is 33.1 Å². The van der Waals surface area contributed by atoms with Crippen molar-refractivity contribution in [2.75, 3.05) is 24.0 Å². The van der Waals surface area contributed by atoms with E-state index < -0.39 is 0 Å². The zero-order valence-corrected chi connectivity index (χ0v) is 17.3. The number of likely N-dealkylation sites (N-methyl/N-ethyl adjacent to an activating group) is 1. The summed E-state index contributed by atoms with van der Waals surface area (Å²) in [5, 5.41) is 0.244. The van der Waals surface area contributed by atoms with Crippen molar-refractivity contribution >= 4 is 34.4 Å². The van der Waals surface area contributed by atoms with Gasteiger partial charge in [-0.2, -0.15) is 0 Å². The summed E-state index contributed by atoms with van der Waals surface area (Å²) in [4.78, 5) is 5.83. The van der Waals surface area contributed by atoms with Crippen LogP contribution in [0, 0.1) is 0 Å². The van der Waals surface area contributed by atoms with Crippen molar-refractivity contribution in [1.82, 2.24) is 0 Å². The van der Waals surface area contributed by atoms with Crippen LogP contribution in [0.2, 0.25) is 0 Å². The molecule has 5 rings (SSSR count). The van der Waals surface area contributed by atoms with Crippen LogP contribution in [-0.2, 0) is 0 Å². The van der Waals surface area contributed by atoms with Gasteiger partial charge in [-0.3, -0.25) is 0 Å². The molecule has 0 saturated carbocycles. The second-order valence-corrected chi connectivity index (χ2v) is 8.27. The van der Waals surface area contributed by atoms with Gasteiger partial charge >= 0.3 is 0 Å². The van der Waals surface area contributed by atoms with Crippen LogP contribution < -0.4 is 14.5 Å². The normalized spacial score (nSPS) is 18.7. The highest BCUT2D eigenvalue weighted by molar-refractivity contribution is 8.00. The molecule has 0 radical (unpaired) electrons. The number of rotatable bonds is 3. The van der Waals surface area contributed by atoms with Gasteiger partial charge in [0.05, 0.1) is 23.9 Å². The Kier molecular flexibility index (Phi) is 4.57. The van der Waals surface area contributed by atoms with Crippen molar-refractivity contribution in [3.8, 4) is 5.75 Å². The standard InChI is InChI=1S/C25H22N2OS/c1-26-23-13-12-20(28-2)17-24(23)29-25(26)16-18-14-15-27(19-8-4-3-5-9-19)22-11-7-6-10-21(18)22/h3-17,25H,1-2H3. The Balaban J connectivity index is 1.50. The maximum Gasteiger partial charge on any atom is 0.120 e. The highest BCUT2D eigenvalue weighted by atomic mass is 32.2. The van der Waals surface area contributed by atoms with Gasteiger partial charge in [-0.25, -0.2) is 0 Å². The first-order valence-corrected chi connectivity index (χ1v) is 10.5. The molecule has 3 aromatic carbocycles. The second-order valence-electron chi connectivity index (χ2n) is 7.11. The van der Waals surface area contributed by atoms with Crippen molar-refractivity contribution in [1.29, 1.82) is 0 Å². The van der Waals surface area contributed by atoms with Crippen LogP contribution >= 0.6 is 11.8 Å². The van der Waals surface area contributed by atoms with E-state index in [1.807, 2.05) is 23.9 Å². The number of allylic oxidation sites excluding steroid dienone is 2. The molecule has 29 heavy (non-hydrogen) atoms. The maximum absolute atomic E-state index is 5.40. The van der Waals surface area contributed by atoms with Crippen molar-refractivity contribution in [2.45, 2.75) is 10.3 Å². The lowest BCUT2D eigenvalue weighted by Crippen LogP contribution is -2.23. The average molecular weight is 399 g/mol. The molecular weight excluding hydrogens is 376 g/mol. The molecule has 3 nitrogen and oxygen atoms in total. The third kappa shape index (κ3) is 3.19. The van der Waals surface area contributed by atoms with Crippen LogP contribution in [-0.4, -0.2) is 19.5 Å². The molecule has 2 aliphatic heterocycles. The van der Waals surface area contributed by atoms with Gasteiger partial charge in [-0.1, -0.05) is 48.2 Å². The van der Waals surface area contributed by atoms with Gasteiger partial charge in [0.1, 0.15) is 5.75 Å². The van der Waals surface area contributed by atoms with E-state index in [-0.39, 0.29) is 5.37 Å². The minimum atomic E-state index is 0.244. The number of para-hydroxylation sites is 2. The predicted octanol–water partition coefficient (Wildman–Crippen LogP) is 6.31. The van der Waals surface area contributed by atoms with E-state index in [1.54, 1.807) is 7.11 Å². The summed E-state index contributed by atoms with van der Waals surface area (Å²) in [6.07, 6.45) is 6.74. The smallest absolute Gasteiger partial charge is 0.120 e. The molecule has 0 N–H and O–H groups in total. The van der Waals surface area contributed by atoms with Crippen molar-refractivity contribution in [3.63, 3.8) is 0 Å². The Hall–Kier alpha value is -3.11. The van der Waals surface area contributed by atoms with Crippen LogP contribution in [0.5, 0.6) is 5.75 Å². The number of ether oxygens (including phenoxy) is 1. The van der Waals surface area contributed by atoms with E-state index >= 15 is 0 Å². The lowest BCUT2D eigenvalue weighted by atomic mass is 9.99. The summed E-state index contributed by atoms with van der Waals surface area (Å²) < 4.78 is 5.40. The summed E-state index contributed by atoms with van der Waals surface area (Å²) in [6, 6.07) is 25.4. The quantitative estimate of drug-likeness (QED) is 0.513. The number of anilines is 3. The van der Waals surface area contributed by atoms with E-state index in [0.29, 0.717) is 0 Å². The van der Waals surface area contributed by atoms with E-state index in [2.05, 4.69) is 95.9 Å². The Labute approximate surface area is 175 Å². The largest absolute Gasteiger partial charge is 0.497 e. The summed E-state index contributed by atoms with van der Waals surface area (Å²) in [6.45, 7) is 0. The average Bonchev–Trinajstić information content (AvgIpc) is 3.09. The molecule has 0 aliphatic carbocycles. The molecule has 3 aromatic rings. The number of thioether (sulfide) groups is 1. The van der Waals surface area contributed by atoms with E-state index in [0.717, 1.165) is 5.75 Å². The van der Waals surface area contributed by atoms with E-state index in [9.17, 15) is 0 Å². The fraction of sp³-hybridized carbons (Fsp3) is 0.120. The maximum atomic E-state index is 5.40. The molecular formula is C25H22N2OS. The fourth-order valence-corrected chi connectivity index (χ4v) is 5.13. The van der Waals surface area contributed by atoms with Crippen LogP contribution in [0.3, 0.4) is 0 Å². The van der Waals surface area contributed by atoms with Crippen LogP contribution in [0.25, 0.3) is 5.57 Å². The first-order chi connectivity index (χ1) is 14.2. The lowest BCUT2D eigenvalue weighted by Gasteiger charge is -2.28. The number of benzene rings is 3. The summed E-state index contributed by atoms with van der Waals surface area (Å²) in [7, 11) is 3.87. The Morgan fingerprint density at radius 3 is 2.55 bits per heavy atom. The topological polar surface area (TPSA) is 15.7 Å². The van der Waals surface area contributed by atoms with Crippen molar-refractivity contribution in [3.05, 3.63) is 96.7 Å². The van der Waals surface area contributed by atoms with Crippen LogP contribution in [0.4, 0.5) is 17.1 Å². The molecule has 2 aliphatic rings. The van der Waals surface area contributed by atoms with Crippen LogP contribution in [0.15, 0.2) is 96.0 Å². The minimum absolute atomic E-state index is 0.244. The first kappa shape index (κ1) is 18.0. The molecule has 1 unspecified atom stereocenters. The lowest BCUT2D eigenvalue weighted by molar-refractivity contribution is 0.414. The molecule has 0 bridgehead atoms. The molecule has 0 spiro atoms. The fourth-order valence-electron chi connectivity index (χ4n) is 3.86. The number of fused-ring (bicyclic) bond motifs is 2. The highest BCUT2D eigenvalue weighted by Gasteiger charge is 2.27.